The third-order valence-corrected chi connectivity index (χ3v) is 2.50. The average Bonchev–Trinajstić information content (AvgIpc) is 2.77. The summed E-state index contributed by atoms with van der Waals surface area (Å²) >= 11 is 0. The second-order valence-corrected chi connectivity index (χ2v) is 3.69. The van der Waals surface area contributed by atoms with Crippen molar-refractivity contribution in [2.45, 2.75) is 13.5 Å². The Hall–Kier alpha value is -1.95. The predicted molar refractivity (Wildman–Crippen MR) is 63.2 cm³/mol. The Balaban J connectivity index is 2.42. The summed E-state index contributed by atoms with van der Waals surface area (Å²) in [6, 6.07) is 5.80. The van der Waals surface area contributed by atoms with E-state index < -0.39 is 0 Å². The molecule has 0 fully saturated rings. The molecule has 0 aliphatic heterocycles. The Morgan fingerprint density at radius 2 is 2.24 bits per heavy atom. The van der Waals surface area contributed by atoms with E-state index in [-0.39, 0.29) is 0 Å². The van der Waals surface area contributed by atoms with Gasteiger partial charge in [0.25, 0.3) is 0 Å². The van der Waals surface area contributed by atoms with Gasteiger partial charge in [-0.15, -0.1) is 5.10 Å². The van der Waals surface area contributed by atoms with E-state index >= 15 is 0 Å². The fraction of sp³-hybridized carbons (Fsp3) is 0.364. The van der Waals surface area contributed by atoms with Crippen molar-refractivity contribution in [1.29, 1.82) is 0 Å². The molecular weight excluding hydrogens is 218 g/mol. The minimum Gasteiger partial charge on any atom is -0.497 e. The lowest BCUT2D eigenvalue weighted by molar-refractivity contribution is 0.414. The first-order valence-corrected chi connectivity index (χ1v) is 5.33. The minimum absolute atomic E-state index is 0.623. The topological polar surface area (TPSA) is 64.9 Å². The number of hydrogen-bond donors (Lipinski definition) is 1. The van der Waals surface area contributed by atoms with Crippen molar-refractivity contribution in [3.05, 3.63) is 29.6 Å². The largest absolute Gasteiger partial charge is 0.497 e. The van der Waals surface area contributed by atoms with Crippen molar-refractivity contribution < 1.29 is 4.74 Å². The van der Waals surface area contributed by atoms with E-state index in [1.165, 1.54) is 0 Å². The number of methoxy groups -OCH3 is 1. The highest BCUT2D eigenvalue weighted by Gasteiger charge is 2.09. The van der Waals surface area contributed by atoms with Gasteiger partial charge in [-0.25, -0.2) is 0 Å². The Morgan fingerprint density at radius 1 is 1.41 bits per heavy atom. The first-order valence-electron chi connectivity index (χ1n) is 5.33. The highest BCUT2D eigenvalue weighted by Crippen LogP contribution is 2.20. The molecule has 0 saturated heterocycles. The number of aromatic nitrogens is 4. The average molecular weight is 233 g/mol. The van der Waals surface area contributed by atoms with Gasteiger partial charge in [0, 0.05) is 0 Å². The molecule has 0 radical (unpaired) electrons. The van der Waals surface area contributed by atoms with Gasteiger partial charge in [0.2, 0.25) is 0 Å². The van der Waals surface area contributed by atoms with Crippen molar-refractivity contribution in [3.63, 3.8) is 0 Å². The van der Waals surface area contributed by atoms with E-state index in [1.807, 2.05) is 32.2 Å². The number of ether oxygens (including phenoxy) is 1. The normalized spacial score (nSPS) is 10.5. The minimum atomic E-state index is 0.623. The Morgan fingerprint density at radius 3 is 2.88 bits per heavy atom. The summed E-state index contributed by atoms with van der Waals surface area (Å²) in [4.78, 5) is 0. The zero-order chi connectivity index (χ0) is 12.3. The van der Waals surface area contributed by atoms with Crippen LogP contribution in [0.25, 0.3) is 5.69 Å². The summed E-state index contributed by atoms with van der Waals surface area (Å²) in [6.07, 6.45) is 0. The zero-order valence-electron chi connectivity index (χ0n) is 10.1. The lowest BCUT2D eigenvalue weighted by Crippen LogP contribution is -2.12. The number of tetrazole rings is 1. The van der Waals surface area contributed by atoms with Gasteiger partial charge >= 0.3 is 0 Å². The molecule has 1 aromatic carbocycles. The van der Waals surface area contributed by atoms with Crippen molar-refractivity contribution in [1.82, 2.24) is 25.5 Å². The third kappa shape index (κ3) is 2.26. The van der Waals surface area contributed by atoms with Crippen LogP contribution in [-0.4, -0.2) is 34.4 Å². The van der Waals surface area contributed by atoms with Gasteiger partial charge in [-0.2, -0.15) is 4.68 Å². The maximum Gasteiger partial charge on any atom is 0.170 e. The molecule has 6 heteroatoms. The van der Waals surface area contributed by atoms with Crippen molar-refractivity contribution in [3.8, 4) is 11.4 Å². The van der Waals surface area contributed by atoms with E-state index in [4.69, 9.17) is 4.74 Å². The molecule has 0 amide bonds. The maximum absolute atomic E-state index is 5.17. The monoisotopic (exact) mass is 233 g/mol. The molecule has 1 aromatic heterocycles. The van der Waals surface area contributed by atoms with Crippen molar-refractivity contribution in [2.75, 3.05) is 14.2 Å². The molecule has 0 aliphatic rings. The number of aryl methyl sites for hydroxylation is 1. The van der Waals surface area contributed by atoms with Gasteiger partial charge < -0.3 is 10.1 Å². The summed E-state index contributed by atoms with van der Waals surface area (Å²) in [6.45, 7) is 2.63. The molecule has 90 valence electrons. The van der Waals surface area contributed by atoms with Crippen molar-refractivity contribution in [2.24, 2.45) is 0 Å². The van der Waals surface area contributed by atoms with E-state index in [0.717, 1.165) is 22.8 Å². The fourth-order valence-corrected chi connectivity index (χ4v) is 1.65. The number of benzene rings is 1. The predicted octanol–water partition coefficient (Wildman–Crippen LogP) is 0.699. The van der Waals surface area contributed by atoms with E-state index in [9.17, 15) is 0 Å². The molecule has 2 aromatic rings. The van der Waals surface area contributed by atoms with Crippen LogP contribution in [0.3, 0.4) is 0 Å². The first-order chi connectivity index (χ1) is 8.26. The van der Waals surface area contributed by atoms with Crippen LogP contribution in [0.1, 0.15) is 11.4 Å². The van der Waals surface area contributed by atoms with Crippen LogP contribution in [0.2, 0.25) is 0 Å². The lowest BCUT2D eigenvalue weighted by Gasteiger charge is -2.09. The number of hydrogen-bond acceptors (Lipinski definition) is 5. The number of nitrogens with zero attached hydrogens (tertiary/aromatic N) is 4. The van der Waals surface area contributed by atoms with Gasteiger partial charge in [0.1, 0.15) is 5.75 Å². The Labute approximate surface area is 99.6 Å². The van der Waals surface area contributed by atoms with Crippen LogP contribution in [0.4, 0.5) is 0 Å². The smallest absolute Gasteiger partial charge is 0.170 e. The highest BCUT2D eigenvalue weighted by atomic mass is 16.5. The van der Waals surface area contributed by atoms with Crippen LogP contribution in [-0.2, 0) is 6.54 Å². The van der Waals surface area contributed by atoms with Crippen LogP contribution < -0.4 is 10.1 Å². The Kier molecular flexibility index (Phi) is 3.34. The summed E-state index contributed by atoms with van der Waals surface area (Å²) in [5.41, 5.74) is 2.02. The molecule has 0 unspecified atom stereocenters. The molecule has 0 spiro atoms. The third-order valence-electron chi connectivity index (χ3n) is 2.50. The van der Waals surface area contributed by atoms with Gasteiger partial charge in [-0.3, -0.25) is 0 Å². The zero-order valence-corrected chi connectivity index (χ0v) is 10.1. The lowest BCUT2D eigenvalue weighted by atomic mass is 10.2. The van der Waals surface area contributed by atoms with Crippen LogP contribution in [0, 0.1) is 6.92 Å². The van der Waals surface area contributed by atoms with Gasteiger partial charge in [-0.05, 0) is 48.2 Å². The number of nitrogens with one attached hydrogen (secondary N) is 1. The molecule has 0 aliphatic carbocycles. The second kappa shape index (κ2) is 4.92. The van der Waals surface area contributed by atoms with Gasteiger partial charge in [-0.1, -0.05) is 0 Å². The molecule has 0 saturated carbocycles. The molecule has 2 rings (SSSR count). The molecule has 6 nitrogen and oxygen atoms in total. The summed E-state index contributed by atoms with van der Waals surface area (Å²) in [5, 5.41) is 14.7. The summed E-state index contributed by atoms with van der Waals surface area (Å²) in [7, 11) is 3.51. The van der Waals surface area contributed by atoms with E-state index in [2.05, 4.69) is 20.8 Å². The van der Waals surface area contributed by atoms with Crippen LogP contribution in [0.5, 0.6) is 5.75 Å². The van der Waals surface area contributed by atoms with E-state index in [1.54, 1.807) is 11.8 Å². The standard InChI is InChI=1S/C11H15N5O/c1-8-6-9(17-3)4-5-10(8)16-11(7-12-2)13-14-15-16/h4-6,12H,7H2,1-3H3. The molecular formula is C11H15N5O. The van der Waals surface area contributed by atoms with E-state index in [0.29, 0.717) is 6.54 Å². The van der Waals surface area contributed by atoms with Crippen LogP contribution in [0.15, 0.2) is 18.2 Å². The SMILES string of the molecule is CNCc1nnnn1-c1ccc(OC)cc1C. The summed E-state index contributed by atoms with van der Waals surface area (Å²) in [5.74, 6) is 1.61. The molecule has 17 heavy (non-hydrogen) atoms. The van der Waals surface area contributed by atoms with Gasteiger partial charge in [0.05, 0.1) is 19.3 Å². The fourth-order valence-electron chi connectivity index (χ4n) is 1.65. The highest BCUT2D eigenvalue weighted by molar-refractivity contribution is 5.44. The van der Waals surface area contributed by atoms with Crippen LogP contribution >= 0.6 is 0 Å². The van der Waals surface area contributed by atoms with Gasteiger partial charge in [0.15, 0.2) is 5.82 Å². The van der Waals surface area contributed by atoms with Crippen molar-refractivity contribution >= 4 is 0 Å². The summed E-state index contributed by atoms with van der Waals surface area (Å²) < 4.78 is 6.90. The molecule has 0 bridgehead atoms. The molecule has 0 atom stereocenters. The molecule has 1 heterocycles. The quantitative estimate of drug-likeness (QED) is 0.842. The Bertz CT molecular complexity index is 508. The number of rotatable bonds is 4. The maximum atomic E-state index is 5.17. The molecule has 1 N–H and O–H groups in total. The first kappa shape index (κ1) is 11.5. The second-order valence-electron chi connectivity index (χ2n) is 3.69.